The van der Waals surface area contributed by atoms with Gasteiger partial charge in [-0.25, -0.2) is 10.3 Å². The number of hydroxylamine groups is 1. The summed E-state index contributed by atoms with van der Waals surface area (Å²) in [5, 5.41) is 23.1. The summed E-state index contributed by atoms with van der Waals surface area (Å²) in [6, 6.07) is 1.81. The lowest BCUT2D eigenvalue weighted by Crippen LogP contribution is -2.71. The van der Waals surface area contributed by atoms with Crippen LogP contribution in [0.5, 0.6) is 0 Å². The largest absolute Gasteiger partial charge is 0.476 e. The van der Waals surface area contributed by atoms with Crippen LogP contribution in [0, 0.1) is 0 Å². The summed E-state index contributed by atoms with van der Waals surface area (Å²) in [5.41, 5.74) is 0.653. The van der Waals surface area contributed by atoms with E-state index in [1.807, 2.05) is 0 Å². The summed E-state index contributed by atoms with van der Waals surface area (Å²) in [4.78, 5) is 66.4. The number of nitrogens with one attached hydrogen (secondary N) is 2. The number of rotatable bonds is 9. The molecule has 3 heterocycles. The minimum atomic E-state index is -1.45. The number of thioether (sulfide) groups is 1. The number of carbonyl (C=O) groups is 5. The second kappa shape index (κ2) is 10.6. The van der Waals surface area contributed by atoms with Gasteiger partial charge in [0.25, 0.3) is 11.8 Å². The van der Waals surface area contributed by atoms with Crippen molar-refractivity contribution in [2.24, 2.45) is 5.16 Å². The van der Waals surface area contributed by atoms with Gasteiger partial charge in [0.15, 0.2) is 17.2 Å². The van der Waals surface area contributed by atoms with Crippen LogP contribution < -0.4 is 10.8 Å². The Hall–Kier alpha value is -3.85. The van der Waals surface area contributed by atoms with Gasteiger partial charge in [0.1, 0.15) is 17.5 Å². The first-order valence-corrected chi connectivity index (χ1v) is 11.1. The van der Waals surface area contributed by atoms with Gasteiger partial charge < -0.3 is 24.4 Å². The molecule has 2 aliphatic heterocycles. The highest BCUT2D eigenvalue weighted by atomic mass is 32.2. The molecule has 0 aliphatic carbocycles. The van der Waals surface area contributed by atoms with Crippen LogP contribution >= 0.6 is 11.8 Å². The van der Waals surface area contributed by atoms with Gasteiger partial charge in [-0.1, -0.05) is 5.16 Å². The van der Waals surface area contributed by atoms with E-state index in [0.717, 1.165) is 23.6 Å². The average molecular weight is 510 g/mol. The minimum Gasteiger partial charge on any atom is -0.476 e. The van der Waals surface area contributed by atoms with Gasteiger partial charge in [-0.3, -0.25) is 29.3 Å². The molecule has 0 saturated carbocycles. The van der Waals surface area contributed by atoms with E-state index in [-0.39, 0.29) is 23.7 Å². The van der Waals surface area contributed by atoms with Crippen molar-refractivity contribution in [3.8, 4) is 0 Å². The van der Waals surface area contributed by atoms with Crippen LogP contribution in [0.4, 0.5) is 0 Å². The zero-order chi connectivity index (χ0) is 25.9. The zero-order valence-electron chi connectivity index (χ0n) is 18.7. The molecule has 35 heavy (non-hydrogen) atoms. The number of fused-ring (bicyclic) bond motifs is 1. The maximum Gasteiger partial charge on any atom is 0.356 e. The Bertz CT molecular complexity index is 1100. The molecule has 4 atom stereocenters. The number of furan rings is 1. The summed E-state index contributed by atoms with van der Waals surface area (Å²) in [6.07, 6.45) is 0.212. The first-order valence-electron chi connectivity index (χ1n) is 10.2. The number of carboxylic acids is 1. The van der Waals surface area contributed by atoms with Gasteiger partial charge in [0, 0.05) is 6.92 Å². The highest BCUT2D eigenvalue weighted by Gasteiger charge is 2.56. The molecule has 2 unspecified atom stereocenters. The maximum atomic E-state index is 13.0. The molecule has 1 fully saturated rings. The fourth-order valence-electron chi connectivity index (χ4n) is 3.36. The van der Waals surface area contributed by atoms with Crippen molar-refractivity contribution in [1.82, 2.24) is 15.7 Å². The Morgan fingerprint density at radius 1 is 1.34 bits per heavy atom. The third-order valence-electron chi connectivity index (χ3n) is 4.86. The molecule has 14 nitrogen and oxygen atoms in total. The quantitative estimate of drug-likeness (QED) is 0.114. The Balaban J connectivity index is 1.80. The number of β-lactam (4-membered cyclic amide) rings is 1. The fraction of sp³-hybridized carbons (Fsp3) is 0.400. The zero-order valence-corrected chi connectivity index (χ0v) is 19.5. The second-order valence-electron chi connectivity index (χ2n) is 7.51. The van der Waals surface area contributed by atoms with Crippen LogP contribution in [0.15, 0.2) is 39.4 Å². The van der Waals surface area contributed by atoms with E-state index in [1.165, 1.54) is 30.8 Å². The Kier molecular flexibility index (Phi) is 7.81. The number of carboxylic acid groups (broad SMARTS) is 1. The van der Waals surface area contributed by atoms with E-state index in [9.17, 15) is 29.1 Å². The van der Waals surface area contributed by atoms with E-state index >= 15 is 0 Å². The number of nitrogens with zero attached hydrogens (tertiary/aromatic N) is 2. The van der Waals surface area contributed by atoms with Gasteiger partial charge >= 0.3 is 11.9 Å². The second-order valence-corrected chi connectivity index (χ2v) is 8.97. The predicted octanol–water partition coefficient (Wildman–Crippen LogP) is -0.0680. The minimum absolute atomic E-state index is 0.0119. The van der Waals surface area contributed by atoms with Gasteiger partial charge in [0.05, 0.1) is 17.9 Å². The Morgan fingerprint density at radius 3 is 2.63 bits per heavy atom. The third kappa shape index (κ3) is 5.46. The van der Waals surface area contributed by atoms with Crippen molar-refractivity contribution in [3.05, 3.63) is 35.6 Å². The van der Waals surface area contributed by atoms with Gasteiger partial charge in [-0.05, 0) is 26.0 Å². The highest BCUT2D eigenvalue weighted by Crippen LogP contribution is 2.44. The van der Waals surface area contributed by atoms with Crippen LogP contribution in [-0.2, 0) is 33.5 Å². The van der Waals surface area contributed by atoms with E-state index in [2.05, 4.69) is 10.5 Å². The molecule has 188 valence electrons. The van der Waals surface area contributed by atoms with Gasteiger partial charge in [-0.2, -0.15) is 0 Å². The fourth-order valence-corrected chi connectivity index (χ4v) is 4.73. The van der Waals surface area contributed by atoms with Crippen molar-refractivity contribution in [3.63, 3.8) is 0 Å². The molecule has 1 aromatic rings. The van der Waals surface area contributed by atoms with Gasteiger partial charge in [0.2, 0.25) is 11.6 Å². The van der Waals surface area contributed by atoms with E-state index in [4.69, 9.17) is 19.2 Å². The number of ether oxygens (including phenoxy) is 1. The molecule has 2 aliphatic rings. The molecule has 0 spiro atoms. The number of amides is 3. The maximum absolute atomic E-state index is 13.0. The molecule has 0 bridgehead atoms. The first-order chi connectivity index (χ1) is 16.5. The normalized spacial score (nSPS) is 22.5. The summed E-state index contributed by atoms with van der Waals surface area (Å²) >= 11 is 1.13. The Morgan fingerprint density at radius 2 is 2.06 bits per heavy atom. The van der Waals surface area contributed by atoms with Gasteiger partial charge in [-0.15, -0.1) is 11.8 Å². The van der Waals surface area contributed by atoms with E-state index < -0.39 is 58.1 Å². The van der Waals surface area contributed by atoms with Crippen LogP contribution in [0.3, 0.4) is 0 Å². The van der Waals surface area contributed by atoms with Crippen molar-refractivity contribution in [1.29, 1.82) is 0 Å². The van der Waals surface area contributed by atoms with Crippen LogP contribution in [0.25, 0.3) is 0 Å². The highest BCUT2D eigenvalue weighted by molar-refractivity contribution is 8.00. The van der Waals surface area contributed by atoms with Crippen LogP contribution in [0.1, 0.15) is 33.0 Å². The molecule has 4 N–H and O–H groups in total. The van der Waals surface area contributed by atoms with Crippen molar-refractivity contribution in [2.45, 2.75) is 50.0 Å². The number of esters is 1. The molecule has 3 amide bonds. The number of oxime groups is 1. The summed E-state index contributed by atoms with van der Waals surface area (Å²) in [5.74, 6) is -4.63. The number of hydrogen-bond donors (Lipinski definition) is 4. The van der Waals surface area contributed by atoms with Crippen molar-refractivity contribution < 1.29 is 48.3 Å². The Labute approximate surface area is 202 Å². The predicted molar refractivity (Wildman–Crippen MR) is 116 cm³/mol. The molecular weight excluding hydrogens is 488 g/mol. The van der Waals surface area contributed by atoms with Crippen molar-refractivity contribution in [2.75, 3.05) is 0 Å². The topological polar surface area (TPSA) is 197 Å². The smallest absolute Gasteiger partial charge is 0.356 e. The summed E-state index contributed by atoms with van der Waals surface area (Å²) in [7, 11) is 0. The van der Waals surface area contributed by atoms with Crippen LogP contribution in [0.2, 0.25) is 0 Å². The lowest BCUT2D eigenvalue weighted by Gasteiger charge is -2.50. The molecule has 1 aromatic heterocycles. The molecule has 0 radical (unpaired) electrons. The summed E-state index contributed by atoms with van der Waals surface area (Å²) < 4.78 is 10.2. The average Bonchev–Trinajstić information content (AvgIpc) is 3.32. The SMILES string of the molecule is CC(=O)OC1=C(C(=O)O)N2C(=O)[C@@H](NC(=O)C(=NOC(C)CC(=O)NO)c3ccco3)[C@H]2SC1C. The van der Waals surface area contributed by atoms with E-state index in [1.54, 1.807) is 6.92 Å². The summed E-state index contributed by atoms with van der Waals surface area (Å²) in [6.45, 7) is 4.20. The third-order valence-corrected chi connectivity index (χ3v) is 6.25. The standard InChI is InChI=1S/C20H22N4O10S/c1-8(7-12(26)22-31)34-23-13(11-5-4-6-32-11)17(27)21-14-18(28)24-15(20(29)30)16(33-10(3)25)9(2)35-19(14)24/h4-6,8-9,14,19,31H,7H2,1-3H3,(H,21,27)(H,22,26)(H,29,30)/t8?,9?,14-,19-/m1/s1. The molecular formula is C20H22N4O10S. The lowest BCUT2D eigenvalue weighted by molar-refractivity contribution is -0.151. The molecule has 0 aromatic carbocycles. The molecule has 3 rings (SSSR count). The number of hydrogen-bond acceptors (Lipinski definition) is 11. The monoisotopic (exact) mass is 510 g/mol. The van der Waals surface area contributed by atoms with E-state index in [0.29, 0.717) is 0 Å². The first kappa shape index (κ1) is 25.8. The molecule has 15 heteroatoms. The lowest BCUT2D eigenvalue weighted by atomic mass is 10.0. The number of aliphatic carboxylic acids is 1. The van der Waals surface area contributed by atoms with Crippen LogP contribution in [-0.4, -0.2) is 73.4 Å². The van der Waals surface area contributed by atoms with Crippen molar-refractivity contribution >= 4 is 47.1 Å². The molecule has 1 saturated heterocycles. The number of carbonyl (C=O) groups excluding carboxylic acids is 4.